The molecule has 0 spiro atoms. The quantitative estimate of drug-likeness (QED) is 0.917. The van der Waals surface area contributed by atoms with Crippen LogP contribution in [0.1, 0.15) is 6.42 Å². The molecule has 1 heterocycles. The first-order chi connectivity index (χ1) is 11.7. The van der Waals surface area contributed by atoms with Gasteiger partial charge < -0.3 is 19.6 Å². The van der Waals surface area contributed by atoms with E-state index < -0.39 is 0 Å². The minimum absolute atomic E-state index is 0.0955. The zero-order chi connectivity index (χ0) is 16.8. The van der Waals surface area contributed by atoms with Crippen LogP contribution in [-0.2, 0) is 4.79 Å². The van der Waals surface area contributed by atoms with Gasteiger partial charge in [-0.3, -0.25) is 4.79 Å². The predicted molar refractivity (Wildman–Crippen MR) is 93.5 cm³/mol. The van der Waals surface area contributed by atoms with Crippen molar-refractivity contribution in [3.05, 3.63) is 54.6 Å². The van der Waals surface area contributed by atoms with Crippen molar-refractivity contribution in [2.75, 3.05) is 37.7 Å². The second-order valence-corrected chi connectivity index (χ2v) is 5.77. The molecule has 5 heteroatoms. The summed E-state index contributed by atoms with van der Waals surface area (Å²) in [6, 6.07) is 17.0. The van der Waals surface area contributed by atoms with Crippen LogP contribution in [0.5, 0.6) is 11.5 Å². The Bertz CT molecular complexity index is 667. The van der Waals surface area contributed by atoms with E-state index in [0.29, 0.717) is 12.2 Å². The van der Waals surface area contributed by atoms with Crippen molar-refractivity contribution in [1.82, 2.24) is 4.90 Å². The molecule has 0 aliphatic carbocycles. The summed E-state index contributed by atoms with van der Waals surface area (Å²) in [4.78, 5) is 16.5. The summed E-state index contributed by atoms with van der Waals surface area (Å²) in [5.41, 5.74) is 1.20. The Morgan fingerprint density at radius 1 is 0.958 bits per heavy atom. The summed E-state index contributed by atoms with van der Waals surface area (Å²) in [6.45, 7) is 3.41. The number of piperazine rings is 1. The smallest absolute Gasteiger partial charge is 0.226 e. The van der Waals surface area contributed by atoms with E-state index in [1.54, 1.807) is 24.3 Å². The van der Waals surface area contributed by atoms with Gasteiger partial charge >= 0.3 is 0 Å². The summed E-state index contributed by atoms with van der Waals surface area (Å²) < 4.78 is 5.48. The number of phenolic OH excluding ortho intramolecular Hbond substituents is 1. The molecule has 126 valence electrons. The SMILES string of the molecule is O=C(CCOc1ccccc1O)N1CCN(c2ccccc2)CC1. The van der Waals surface area contributed by atoms with Gasteiger partial charge in [-0.25, -0.2) is 0 Å². The number of anilines is 1. The van der Waals surface area contributed by atoms with Gasteiger partial charge in [-0.05, 0) is 24.3 Å². The van der Waals surface area contributed by atoms with Gasteiger partial charge in [-0.15, -0.1) is 0 Å². The Labute approximate surface area is 142 Å². The van der Waals surface area contributed by atoms with E-state index in [9.17, 15) is 9.90 Å². The van der Waals surface area contributed by atoms with Crippen LogP contribution in [0.2, 0.25) is 0 Å². The lowest BCUT2D eigenvalue weighted by molar-refractivity contribution is -0.132. The molecule has 0 radical (unpaired) electrons. The van der Waals surface area contributed by atoms with E-state index in [4.69, 9.17) is 4.74 Å². The fraction of sp³-hybridized carbons (Fsp3) is 0.316. The lowest BCUT2D eigenvalue weighted by atomic mass is 10.2. The van der Waals surface area contributed by atoms with Crippen LogP contribution in [0.25, 0.3) is 0 Å². The summed E-state index contributed by atoms with van der Waals surface area (Å²) in [6.07, 6.45) is 0.319. The van der Waals surface area contributed by atoms with E-state index in [0.717, 1.165) is 26.2 Å². The number of para-hydroxylation sites is 3. The Kier molecular flexibility index (Phi) is 5.21. The number of carbonyl (C=O) groups excluding carboxylic acids is 1. The first-order valence-electron chi connectivity index (χ1n) is 8.22. The van der Waals surface area contributed by atoms with Gasteiger partial charge in [0.1, 0.15) is 0 Å². The van der Waals surface area contributed by atoms with Crippen molar-refractivity contribution >= 4 is 11.6 Å². The normalized spacial score (nSPS) is 14.5. The highest BCUT2D eigenvalue weighted by Gasteiger charge is 2.21. The molecule has 0 aromatic heterocycles. The maximum absolute atomic E-state index is 12.3. The number of carbonyl (C=O) groups is 1. The van der Waals surface area contributed by atoms with Gasteiger partial charge in [-0.1, -0.05) is 30.3 Å². The second-order valence-electron chi connectivity index (χ2n) is 5.77. The molecule has 24 heavy (non-hydrogen) atoms. The monoisotopic (exact) mass is 326 g/mol. The standard InChI is InChI=1S/C19H22N2O3/c22-17-8-4-5-9-18(17)24-15-10-19(23)21-13-11-20(12-14-21)16-6-2-1-3-7-16/h1-9,22H,10-15H2. The fourth-order valence-corrected chi connectivity index (χ4v) is 2.84. The summed E-state index contributed by atoms with van der Waals surface area (Å²) in [7, 11) is 0. The average Bonchev–Trinajstić information content (AvgIpc) is 2.64. The largest absolute Gasteiger partial charge is 0.504 e. The number of nitrogens with zero attached hydrogens (tertiary/aromatic N) is 2. The number of ether oxygens (including phenoxy) is 1. The van der Waals surface area contributed by atoms with E-state index >= 15 is 0 Å². The van der Waals surface area contributed by atoms with E-state index in [1.165, 1.54) is 5.69 Å². The first-order valence-corrected chi connectivity index (χ1v) is 8.22. The second kappa shape index (κ2) is 7.73. The molecule has 1 saturated heterocycles. The van der Waals surface area contributed by atoms with E-state index in [1.807, 2.05) is 23.1 Å². The Hall–Kier alpha value is -2.69. The van der Waals surface area contributed by atoms with Crippen LogP contribution < -0.4 is 9.64 Å². The van der Waals surface area contributed by atoms with Crippen LogP contribution in [0, 0.1) is 0 Å². The average molecular weight is 326 g/mol. The highest BCUT2D eigenvalue weighted by Crippen LogP contribution is 2.24. The van der Waals surface area contributed by atoms with Crippen LogP contribution in [0.3, 0.4) is 0 Å². The lowest BCUT2D eigenvalue weighted by Crippen LogP contribution is -2.49. The maximum Gasteiger partial charge on any atom is 0.226 e. The van der Waals surface area contributed by atoms with Crippen molar-refractivity contribution in [2.45, 2.75) is 6.42 Å². The van der Waals surface area contributed by atoms with E-state index in [2.05, 4.69) is 17.0 Å². The first kappa shape index (κ1) is 16.2. The third kappa shape index (κ3) is 3.98. The molecule has 1 aliphatic rings. The molecule has 3 rings (SSSR count). The van der Waals surface area contributed by atoms with Crippen molar-refractivity contribution in [3.63, 3.8) is 0 Å². The van der Waals surface area contributed by atoms with Crippen molar-refractivity contribution in [3.8, 4) is 11.5 Å². The van der Waals surface area contributed by atoms with Crippen LogP contribution in [-0.4, -0.2) is 48.7 Å². The highest BCUT2D eigenvalue weighted by molar-refractivity contribution is 5.76. The molecule has 5 nitrogen and oxygen atoms in total. The number of rotatable bonds is 5. The number of hydrogen-bond acceptors (Lipinski definition) is 4. The Morgan fingerprint density at radius 2 is 1.62 bits per heavy atom. The molecule has 0 atom stereocenters. The molecule has 1 amide bonds. The third-order valence-corrected chi connectivity index (χ3v) is 4.19. The van der Waals surface area contributed by atoms with Crippen LogP contribution in [0.4, 0.5) is 5.69 Å². The topological polar surface area (TPSA) is 53.0 Å². The van der Waals surface area contributed by atoms with Gasteiger partial charge in [0.15, 0.2) is 11.5 Å². The highest BCUT2D eigenvalue weighted by atomic mass is 16.5. The molecule has 1 aliphatic heterocycles. The zero-order valence-corrected chi connectivity index (χ0v) is 13.6. The molecule has 2 aromatic rings. The summed E-state index contributed by atoms with van der Waals surface area (Å²) in [5.74, 6) is 0.610. The molecule has 2 aromatic carbocycles. The number of phenols is 1. The van der Waals surface area contributed by atoms with Crippen LogP contribution >= 0.6 is 0 Å². The molecular weight excluding hydrogens is 304 g/mol. The van der Waals surface area contributed by atoms with Gasteiger partial charge in [-0.2, -0.15) is 0 Å². The summed E-state index contributed by atoms with van der Waals surface area (Å²) in [5, 5.41) is 9.64. The van der Waals surface area contributed by atoms with Gasteiger partial charge in [0.2, 0.25) is 5.91 Å². The Balaban J connectivity index is 1.43. The van der Waals surface area contributed by atoms with Crippen LogP contribution in [0.15, 0.2) is 54.6 Å². The van der Waals surface area contributed by atoms with Crippen molar-refractivity contribution in [1.29, 1.82) is 0 Å². The third-order valence-electron chi connectivity index (χ3n) is 4.19. The Morgan fingerprint density at radius 3 is 2.33 bits per heavy atom. The predicted octanol–water partition coefficient (Wildman–Crippen LogP) is 2.51. The molecule has 0 bridgehead atoms. The van der Waals surface area contributed by atoms with E-state index in [-0.39, 0.29) is 18.3 Å². The molecule has 1 fully saturated rings. The molecule has 1 N–H and O–H groups in total. The number of hydrogen-bond donors (Lipinski definition) is 1. The minimum Gasteiger partial charge on any atom is -0.504 e. The van der Waals surface area contributed by atoms with Crippen molar-refractivity contribution in [2.24, 2.45) is 0 Å². The minimum atomic E-state index is 0.0955. The van der Waals surface area contributed by atoms with Gasteiger partial charge in [0.25, 0.3) is 0 Å². The number of amides is 1. The summed E-state index contributed by atoms with van der Waals surface area (Å²) >= 11 is 0. The number of benzene rings is 2. The fourth-order valence-electron chi connectivity index (χ4n) is 2.84. The number of aromatic hydroxyl groups is 1. The molecule has 0 unspecified atom stereocenters. The molecular formula is C19H22N2O3. The lowest BCUT2D eigenvalue weighted by Gasteiger charge is -2.36. The van der Waals surface area contributed by atoms with Gasteiger partial charge in [0, 0.05) is 31.9 Å². The molecule has 0 saturated carbocycles. The zero-order valence-electron chi connectivity index (χ0n) is 13.6. The van der Waals surface area contributed by atoms with Gasteiger partial charge in [0.05, 0.1) is 13.0 Å². The maximum atomic E-state index is 12.3. The van der Waals surface area contributed by atoms with Crippen molar-refractivity contribution < 1.29 is 14.6 Å².